The van der Waals surface area contributed by atoms with Crippen molar-refractivity contribution in [3.05, 3.63) is 86.3 Å². The minimum absolute atomic E-state index is 0.150. The first-order valence-electron chi connectivity index (χ1n) is 9.68. The van der Waals surface area contributed by atoms with Gasteiger partial charge in [0.05, 0.1) is 31.3 Å². The molecule has 0 aliphatic carbocycles. The zero-order valence-electron chi connectivity index (χ0n) is 17.6. The fourth-order valence-corrected chi connectivity index (χ4v) is 4.32. The number of carbonyl (C=O) groups is 1. The Labute approximate surface area is 203 Å². The molecule has 6 nitrogen and oxygen atoms in total. The molecule has 0 spiro atoms. The lowest BCUT2D eigenvalue weighted by Gasteiger charge is -2.12. The van der Waals surface area contributed by atoms with Gasteiger partial charge in [0.2, 0.25) is 5.91 Å². The van der Waals surface area contributed by atoms with E-state index in [0.717, 1.165) is 20.1 Å². The number of rotatable bonds is 9. The van der Waals surface area contributed by atoms with Crippen LogP contribution in [0, 0.1) is 0 Å². The Balaban J connectivity index is 1.67. The summed E-state index contributed by atoms with van der Waals surface area (Å²) in [6.07, 6.45) is 1.71. The third-order valence-electron chi connectivity index (χ3n) is 4.47. The molecule has 0 saturated heterocycles. The van der Waals surface area contributed by atoms with Crippen LogP contribution in [0.15, 0.2) is 74.7 Å². The van der Waals surface area contributed by atoms with Crippen molar-refractivity contribution in [1.29, 1.82) is 0 Å². The largest absolute Gasteiger partial charge is 0.493 e. The maximum absolute atomic E-state index is 12.3. The summed E-state index contributed by atoms with van der Waals surface area (Å²) in [4.78, 5) is 12.3. The lowest BCUT2D eigenvalue weighted by Crippen LogP contribution is -2.19. The minimum atomic E-state index is -0.255. The number of nitrogens with one attached hydrogen (secondary N) is 1. The quantitative estimate of drug-likeness (QED) is 0.277. The van der Waals surface area contributed by atoms with Crippen molar-refractivity contribution in [2.24, 2.45) is 5.10 Å². The third kappa shape index (κ3) is 6.58. The average molecular weight is 562 g/mol. The Morgan fingerprint density at radius 3 is 2.44 bits per heavy atom. The van der Waals surface area contributed by atoms with Gasteiger partial charge in [-0.1, -0.05) is 52.3 Å². The van der Waals surface area contributed by atoms with Crippen molar-refractivity contribution in [3.8, 4) is 17.2 Å². The molecule has 0 aromatic heterocycles. The van der Waals surface area contributed by atoms with Gasteiger partial charge in [0, 0.05) is 10.0 Å². The van der Waals surface area contributed by atoms with E-state index < -0.39 is 0 Å². The molecular formula is C24H22Br2N2O4. The van der Waals surface area contributed by atoms with Gasteiger partial charge in [0.25, 0.3) is 0 Å². The molecule has 166 valence electrons. The molecule has 0 radical (unpaired) electrons. The maximum atomic E-state index is 12.3. The van der Waals surface area contributed by atoms with E-state index in [0.29, 0.717) is 29.4 Å². The first-order valence-corrected chi connectivity index (χ1v) is 11.3. The first kappa shape index (κ1) is 23.8. The van der Waals surface area contributed by atoms with Crippen molar-refractivity contribution in [2.75, 3.05) is 14.2 Å². The Hall–Kier alpha value is -2.84. The number of hydrogen-bond donors (Lipinski definition) is 1. The zero-order valence-corrected chi connectivity index (χ0v) is 20.8. The molecule has 0 heterocycles. The number of halogens is 2. The molecule has 1 N–H and O–H groups in total. The van der Waals surface area contributed by atoms with Crippen molar-refractivity contribution < 1.29 is 19.0 Å². The molecule has 3 aromatic rings. The lowest BCUT2D eigenvalue weighted by atomic mass is 10.1. The van der Waals surface area contributed by atoms with E-state index in [9.17, 15) is 4.79 Å². The van der Waals surface area contributed by atoms with E-state index in [1.54, 1.807) is 32.6 Å². The average Bonchev–Trinajstić information content (AvgIpc) is 2.79. The summed E-state index contributed by atoms with van der Waals surface area (Å²) in [5, 5.41) is 4.11. The Morgan fingerprint density at radius 1 is 0.969 bits per heavy atom. The van der Waals surface area contributed by atoms with E-state index >= 15 is 0 Å². The molecule has 0 bridgehead atoms. The van der Waals surface area contributed by atoms with Gasteiger partial charge in [-0.2, -0.15) is 5.10 Å². The first-order chi connectivity index (χ1) is 15.5. The number of hydrazone groups is 1. The zero-order chi connectivity index (χ0) is 22.9. The van der Waals surface area contributed by atoms with Gasteiger partial charge in [-0.25, -0.2) is 5.43 Å². The molecule has 1 amide bonds. The molecule has 0 unspecified atom stereocenters. The number of hydrogen-bond acceptors (Lipinski definition) is 5. The predicted octanol–water partition coefficient (Wildman–Crippen LogP) is 5.50. The summed E-state index contributed by atoms with van der Waals surface area (Å²) in [6, 6.07) is 19.0. The lowest BCUT2D eigenvalue weighted by molar-refractivity contribution is -0.120. The SMILES string of the molecule is COc1ccc(CC(=O)N/N=C/c2cc(Br)cc(Br)c2OCc2ccccc2)cc1OC. The van der Waals surface area contributed by atoms with E-state index in [2.05, 4.69) is 42.4 Å². The number of amides is 1. The fraction of sp³-hybridized carbons (Fsp3) is 0.167. The number of benzene rings is 3. The second-order valence-electron chi connectivity index (χ2n) is 6.74. The number of nitrogens with zero attached hydrogens (tertiary/aromatic N) is 1. The van der Waals surface area contributed by atoms with Gasteiger partial charge >= 0.3 is 0 Å². The fourth-order valence-electron chi connectivity index (χ4n) is 2.95. The summed E-state index contributed by atoms with van der Waals surface area (Å²) in [6.45, 7) is 0.410. The molecule has 0 saturated carbocycles. The van der Waals surface area contributed by atoms with Gasteiger partial charge in [-0.3, -0.25) is 4.79 Å². The van der Waals surface area contributed by atoms with Crippen molar-refractivity contribution in [2.45, 2.75) is 13.0 Å². The van der Waals surface area contributed by atoms with Crippen LogP contribution in [0.4, 0.5) is 0 Å². The van der Waals surface area contributed by atoms with E-state index in [1.165, 1.54) is 0 Å². The van der Waals surface area contributed by atoms with Crippen LogP contribution in [-0.2, 0) is 17.8 Å². The second-order valence-corrected chi connectivity index (χ2v) is 8.51. The van der Waals surface area contributed by atoms with Gasteiger partial charge in [0.1, 0.15) is 12.4 Å². The van der Waals surface area contributed by atoms with Gasteiger partial charge < -0.3 is 14.2 Å². The third-order valence-corrected chi connectivity index (χ3v) is 5.52. The maximum Gasteiger partial charge on any atom is 0.244 e. The Bertz CT molecular complexity index is 1100. The van der Waals surface area contributed by atoms with Crippen LogP contribution in [0.5, 0.6) is 17.2 Å². The summed E-state index contributed by atoms with van der Waals surface area (Å²) in [7, 11) is 3.12. The molecule has 0 aliphatic heterocycles. The number of ether oxygens (including phenoxy) is 3. The molecule has 32 heavy (non-hydrogen) atoms. The smallest absolute Gasteiger partial charge is 0.244 e. The molecule has 3 aromatic carbocycles. The number of carbonyl (C=O) groups excluding carboxylic acids is 1. The second kappa shape index (κ2) is 11.7. The van der Waals surface area contributed by atoms with Gasteiger partial charge in [0.15, 0.2) is 11.5 Å². The van der Waals surface area contributed by atoms with Crippen LogP contribution in [0.3, 0.4) is 0 Å². The highest BCUT2D eigenvalue weighted by molar-refractivity contribution is 9.11. The van der Waals surface area contributed by atoms with Gasteiger partial charge in [-0.15, -0.1) is 0 Å². The summed E-state index contributed by atoms with van der Waals surface area (Å²) < 4.78 is 18.1. The minimum Gasteiger partial charge on any atom is -0.493 e. The summed E-state index contributed by atoms with van der Waals surface area (Å²) in [5.74, 6) is 1.56. The van der Waals surface area contributed by atoms with Crippen LogP contribution in [0.2, 0.25) is 0 Å². The Morgan fingerprint density at radius 2 is 1.72 bits per heavy atom. The summed E-state index contributed by atoms with van der Waals surface area (Å²) in [5.41, 5.74) is 5.11. The molecule has 0 aliphatic rings. The standard InChI is InChI=1S/C24H22Br2N2O4/c1-30-21-9-8-17(10-22(21)31-2)11-23(29)28-27-14-18-12-19(25)13-20(26)24(18)32-15-16-6-4-3-5-7-16/h3-10,12-14H,11,15H2,1-2H3,(H,28,29)/b27-14+. The van der Waals surface area contributed by atoms with Crippen molar-refractivity contribution in [1.82, 2.24) is 5.43 Å². The Kier molecular flexibility index (Phi) is 8.70. The van der Waals surface area contributed by atoms with Crippen molar-refractivity contribution >= 4 is 44.0 Å². The molecule has 8 heteroatoms. The topological polar surface area (TPSA) is 69.2 Å². The van der Waals surface area contributed by atoms with Crippen LogP contribution in [0.1, 0.15) is 16.7 Å². The summed E-state index contributed by atoms with van der Waals surface area (Å²) >= 11 is 7.01. The molecule has 0 fully saturated rings. The molecule has 3 rings (SSSR count). The predicted molar refractivity (Wildman–Crippen MR) is 132 cm³/mol. The monoisotopic (exact) mass is 560 g/mol. The van der Waals surface area contributed by atoms with Crippen LogP contribution in [0.25, 0.3) is 0 Å². The molecular weight excluding hydrogens is 540 g/mol. The van der Waals surface area contributed by atoms with Crippen LogP contribution < -0.4 is 19.6 Å². The van der Waals surface area contributed by atoms with Gasteiger partial charge in [-0.05, 0) is 51.3 Å². The molecule has 0 atom stereocenters. The number of methoxy groups -OCH3 is 2. The van der Waals surface area contributed by atoms with E-state index in [1.807, 2.05) is 48.5 Å². The highest BCUT2D eigenvalue weighted by Crippen LogP contribution is 2.32. The normalized spacial score (nSPS) is 10.8. The van der Waals surface area contributed by atoms with Crippen LogP contribution >= 0.6 is 31.9 Å². The van der Waals surface area contributed by atoms with E-state index in [-0.39, 0.29) is 12.3 Å². The van der Waals surface area contributed by atoms with Crippen molar-refractivity contribution in [3.63, 3.8) is 0 Å². The van der Waals surface area contributed by atoms with Crippen LogP contribution in [-0.4, -0.2) is 26.3 Å². The van der Waals surface area contributed by atoms with E-state index in [4.69, 9.17) is 14.2 Å². The highest BCUT2D eigenvalue weighted by atomic mass is 79.9. The highest BCUT2D eigenvalue weighted by Gasteiger charge is 2.11.